The second-order valence-corrected chi connectivity index (χ2v) is 6.06. The largest absolute Gasteiger partial charge is 0.461 e. The summed E-state index contributed by atoms with van der Waals surface area (Å²) in [5, 5.41) is 2.51. The zero-order chi connectivity index (χ0) is 18.8. The fourth-order valence-electron chi connectivity index (χ4n) is 2.14. The Bertz CT molecular complexity index is 577. The summed E-state index contributed by atoms with van der Waals surface area (Å²) in [7, 11) is 0. The molecule has 0 saturated heterocycles. The Morgan fingerprint density at radius 2 is 1.84 bits per heavy atom. The van der Waals surface area contributed by atoms with Crippen molar-refractivity contribution < 1.29 is 19.1 Å². The Kier molecular flexibility index (Phi) is 8.63. The lowest BCUT2D eigenvalue weighted by atomic mass is 9.99. The molecule has 0 aliphatic heterocycles. The van der Waals surface area contributed by atoms with Crippen LogP contribution in [0.4, 0.5) is 0 Å². The number of hydrogen-bond donors (Lipinski definition) is 3. The highest BCUT2D eigenvalue weighted by atomic mass is 16.5. The van der Waals surface area contributed by atoms with Crippen LogP contribution in [0.2, 0.25) is 0 Å². The summed E-state index contributed by atoms with van der Waals surface area (Å²) in [6, 6.07) is 7.58. The Morgan fingerprint density at radius 1 is 1.20 bits per heavy atom. The van der Waals surface area contributed by atoms with Gasteiger partial charge in [-0.1, -0.05) is 50.6 Å². The Balaban J connectivity index is 2.45. The van der Waals surface area contributed by atoms with Gasteiger partial charge in [0.1, 0.15) is 12.6 Å². The van der Waals surface area contributed by atoms with Gasteiger partial charge in [0.05, 0.1) is 6.04 Å². The number of benzene rings is 1. The van der Waals surface area contributed by atoms with Crippen LogP contribution in [-0.4, -0.2) is 29.9 Å². The van der Waals surface area contributed by atoms with Gasteiger partial charge >= 0.3 is 5.97 Å². The molecule has 2 amide bonds. The molecule has 0 saturated carbocycles. The van der Waals surface area contributed by atoms with E-state index in [0.29, 0.717) is 0 Å². The van der Waals surface area contributed by atoms with E-state index < -0.39 is 29.9 Å². The first-order valence-electron chi connectivity index (χ1n) is 8.40. The van der Waals surface area contributed by atoms with Crippen LogP contribution >= 0.6 is 0 Å². The minimum Gasteiger partial charge on any atom is -0.461 e. The van der Waals surface area contributed by atoms with Crippen molar-refractivity contribution >= 4 is 17.8 Å². The van der Waals surface area contributed by atoms with Crippen molar-refractivity contribution in [1.82, 2.24) is 5.32 Å². The van der Waals surface area contributed by atoms with Crippen molar-refractivity contribution in [1.29, 1.82) is 0 Å². The molecule has 0 unspecified atom stereocenters. The van der Waals surface area contributed by atoms with Gasteiger partial charge in [0.15, 0.2) is 0 Å². The van der Waals surface area contributed by atoms with Crippen molar-refractivity contribution in [3.63, 3.8) is 0 Å². The molecule has 5 N–H and O–H groups in total. The summed E-state index contributed by atoms with van der Waals surface area (Å²) >= 11 is 0. The number of primary amides is 1. The van der Waals surface area contributed by atoms with Gasteiger partial charge in [-0.2, -0.15) is 0 Å². The molecule has 1 aromatic carbocycles. The molecule has 0 bridgehead atoms. The third kappa shape index (κ3) is 7.34. The molecule has 0 fully saturated rings. The number of nitrogens with two attached hydrogens (primary N) is 2. The summed E-state index contributed by atoms with van der Waals surface area (Å²) < 4.78 is 5.14. The molecule has 3 atom stereocenters. The van der Waals surface area contributed by atoms with Crippen LogP contribution in [0.5, 0.6) is 0 Å². The van der Waals surface area contributed by atoms with Crippen molar-refractivity contribution in [2.45, 2.75) is 51.8 Å². The fourth-order valence-corrected chi connectivity index (χ4v) is 2.14. The third-order valence-electron chi connectivity index (χ3n) is 4.10. The molecule has 25 heavy (non-hydrogen) atoms. The summed E-state index contributed by atoms with van der Waals surface area (Å²) in [4.78, 5) is 35.4. The third-order valence-corrected chi connectivity index (χ3v) is 4.10. The van der Waals surface area contributed by atoms with Crippen LogP contribution in [0.1, 0.15) is 38.7 Å². The number of amides is 2. The van der Waals surface area contributed by atoms with Crippen LogP contribution in [0.3, 0.4) is 0 Å². The summed E-state index contributed by atoms with van der Waals surface area (Å²) in [5.74, 6) is -1.64. The lowest BCUT2D eigenvalue weighted by Gasteiger charge is -2.21. The molecule has 7 nitrogen and oxygen atoms in total. The predicted octanol–water partition coefficient (Wildman–Crippen LogP) is 0.854. The number of ether oxygens (including phenoxy) is 1. The topological polar surface area (TPSA) is 125 Å². The number of rotatable bonds is 10. The first-order valence-corrected chi connectivity index (χ1v) is 8.40. The normalized spacial score (nSPS) is 14.2. The van der Waals surface area contributed by atoms with Crippen molar-refractivity contribution in [3.05, 3.63) is 35.9 Å². The van der Waals surface area contributed by atoms with Crippen molar-refractivity contribution in [2.75, 3.05) is 0 Å². The first-order chi connectivity index (χ1) is 11.8. The Morgan fingerprint density at radius 3 is 2.40 bits per heavy atom. The molecular formula is C18H27N3O4. The molecule has 0 aliphatic rings. The van der Waals surface area contributed by atoms with E-state index in [1.54, 1.807) is 0 Å². The molecule has 0 heterocycles. The number of esters is 1. The van der Waals surface area contributed by atoms with Gasteiger partial charge in [-0.05, 0) is 17.9 Å². The van der Waals surface area contributed by atoms with E-state index in [1.807, 2.05) is 44.2 Å². The fraction of sp³-hybridized carbons (Fsp3) is 0.500. The second-order valence-electron chi connectivity index (χ2n) is 6.06. The van der Waals surface area contributed by atoms with E-state index in [1.165, 1.54) is 0 Å². The molecule has 0 radical (unpaired) electrons. The number of nitrogens with one attached hydrogen (secondary N) is 1. The maximum Gasteiger partial charge on any atom is 0.306 e. The van der Waals surface area contributed by atoms with E-state index >= 15 is 0 Å². The highest BCUT2D eigenvalue weighted by Gasteiger charge is 2.25. The van der Waals surface area contributed by atoms with E-state index in [0.717, 1.165) is 12.0 Å². The monoisotopic (exact) mass is 349 g/mol. The zero-order valence-corrected chi connectivity index (χ0v) is 14.7. The van der Waals surface area contributed by atoms with Gasteiger partial charge in [-0.25, -0.2) is 0 Å². The van der Waals surface area contributed by atoms with Crippen molar-refractivity contribution in [3.8, 4) is 0 Å². The molecule has 0 aromatic heterocycles. The number of carbonyl (C=O) groups is 3. The van der Waals surface area contributed by atoms with Gasteiger partial charge in [-0.15, -0.1) is 0 Å². The lowest BCUT2D eigenvalue weighted by Crippen LogP contribution is -2.52. The number of carbonyl (C=O) groups excluding carboxylic acids is 3. The van der Waals surface area contributed by atoms with E-state index in [9.17, 15) is 14.4 Å². The minimum absolute atomic E-state index is 0.0237. The SMILES string of the molecule is CC[C@H](C)[C@@H](N)C(=O)N[C@H](CCC(=O)OCc1ccccc1)C(N)=O. The van der Waals surface area contributed by atoms with Crippen molar-refractivity contribution in [2.24, 2.45) is 17.4 Å². The lowest BCUT2D eigenvalue weighted by molar-refractivity contribution is -0.145. The molecule has 0 spiro atoms. The summed E-state index contributed by atoms with van der Waals surface area (Å²) in [5.41, 5.74) is 12.0. The zero-order valence-electron chi connectivity index (χ0n) is 14.7. The first kappa shape index (κ1) is 20.6. The van der Waals surface area contributed by atoms with Gasteiger partial charge in [-0.3, -0.25) is 14.4 Å². The standard InChI is InChI=1S/C18H27N3O4/c1-3-12(2)16(19)18(24)21-14(17(20)23)9-10-15(22)25-11-13-7-5-4-6-8-13/h4-8,12,14,16H,3,9-11,19H2,1-2H3,(H2,20,23)(H,21,24)/t12-,14+,16+/m0/s1. The maximum atomic E-state index is 12.1. The summed E-state index contributed by atoms with van der Waals surface area (Å²) in [6.07, 6.45) is 0.781. The van der Waals surface area contributed by atoms with Crippen LogP contribution in [0.15, 0.2) is 30.3 Å². The summed E-state index contributed by atoms with van der Waals surface area (Å²) in [6.45, 7) is 3.93. The van der Waals surface area contributed by atoms with Gasteiger partial charge in [0, 0.05) is 6.42 Å². The molecule has 138 valence electrons. The van der Waals surface area contributed by atoms with E-state index in [4.69, 9.17) is 16.2 Å². The Hall–Kier alpha value is -2.41. The molecular weight excluding hydrogens is 322 g/mol. The minimum atomic E-state index is -0.952. The van der Waals surface area contributed by atoms with Gasteiger partial charge in [0.25, 0.3) is 0 Å². The van der Waals surface area contributed by atoms with Crippen LogP contribution in [-0.2, 0) is 25.7 Å². The van der Waals surface area contributed by atoms with Crippen LogP contribution in [0, 0.1) is 5.92 Å². The van der Waals surface area contributed by atoms with Crippen LogP contribution < -0.4 is 16.8 Å². The molecule has 7 heteroatoms. The highest BCUT2D eigenvalue weighted by molar-refractivity contribution is 5.89. The molecule has 1 rings (SSSR count). The molecule has 1 aromatic rings. The smallest absolute Gasteiger partial charge is 0.306 e. The average Bonchev–Trinajstić information content (AvgIpc) is 2.62. The number of hydrogen-bond acceptors (Lipinski definition) is 5. The second kappa shape index (κ2) is 10.5. The molecule has 0 aliphatic carbocycles. The average molecular weight is 349 g/mol. The van der Waals surface area contributed by atoms with Gasteiger partial charge in [0.2, 0.25) is 11.8 Å². The maximum absolute atomic E-state index is 12.1. The Labute approximate surface area is 148 Å². The predicted molar refractivity (Wildman–Crippen MR) is 94.0 cm³/mol. The quantitative estimate of drug-likeness (QED) is 0.540. The van der Waals surface area contributed by atoms with E-state index in [2.05, 4.69) is 5.32 Å². The van der Waals surface area contributed by atoms with Crippen LogP contribution in [0.25, 0.3) is 0 Å². The van der Waals surface area contributed by atoms with Gasteiger partial charge < -0.3 is 21.5 Å². The highest BCUT2D eigenvalue weighted by Crippen LogP contribution is 2.08. The van der Waals surface area contributed by atoms with E-state index in [-0.39, 0.29) is 25.4 Å².